The molecule has 0 unspecified atom stereocenters. The highest BCUT2D eigenvalue weighted by Crippen LogP contribution is 2.29. The van der Waals surface area contributed by atoms with Gasteiger partial charge in [-0.05, 0) is 31.2 Å². The number of hydrogen-bond donors (Lipinski definition) is 1. The number of aromatic nitrogens is 1. The summed E-state index contributed by atoms with van der Waals surface area (Å²) >= 11 is 1.62. The third kappa shape index (κ3) is 3.43. The van der Waals surface area contributed by atoms with E-state index in [0.29, 0.717) is 17.2 Å². The molecule has 2 aromatic carbocycles. The summed E-state index contributed by atoms with van der Waals surface area (Å²) in [6, 6.07) is 21.2. The van der Waals surface area contributed by atoms with E-state index in [-0.39, 0.29) is 5.91 Å². The number of hydrogen-bond acceptors (Lipinski definition) is 4. The lowest BCUT2D eigenvalue weighted by Gasteiger charge is -2.04. The number of anilines is 1. The van der Waals surface area contributed by atoms with Crippen molar-refractivity contribution in [1.29, 1.82) is 0 Å². The zero-order valence-corrected chi connectivity index (χ0v) is 14.9. The van der Waals surface area contributed by atoms with Crippen LogP contribution in [0.15, 0.2) is 76.5 Å². The number of benzene rings is 2. The quantitative estimate of drug-likeness (QED) is 0.513. The molecule has 0 saturated carbocycles. The van der Waals surface area contributed by atoms with Crippen molar-refractivity contribution in [3.63, 3.8) is 0 Å². The van der Waals surface area contributed by atoms with Crippen LogP contribution in [0.3, 0.4) is 0 Å². The summed E-state index contributed by atoms with van der Waals surface area (Å²) in [6.07, 6.45) is 0. The van der Waals surface area contributed by atoms with E-state index >= 15 is 0 Å². The monoisotopic (exact) mass is 360 g/mol. The van der Waals surface area contributed by atoms with Gasteiger partial charge in [0, 0.05) is 22.2 Å². The second-order valence-corrected chi connectivity index (χ2v) is 6.70. The SMILES string of the molecule is Cc1ccc(C(=O)Nc2ccc(-c3csc(-c4ccccc4)n3)cc2)o1. The van der Waals surface area contributed by atoms with Crippen LogP contribution in [0.4, 0.5) is 5.69 Å². The molecule has 4 rings (SSSR count). The summed E-state index contributed by atoms with van der Waals surface area (Å²) in [6.45, 7) is 1.81. The lowest BCUT2D eigenvalue weighted by molar-refractivity contribution is 0.0995. The number of amides is 1. The van der Waals surface area contributed by atoms with Crippen molar-refractivity contribution < 1.29 is 9.21 Å². The Balaban J connectivity index is 1.49. The molecule has 0 aliphatic heterocycles. The fourth-order valence-corrected chi connectivity index (χ4v) is 3.43. The number of rotatable bonds is 4. The minimum Gasteiger partial charge on any atom is -0.456 e. The van der Waals surface area contributed by atoms with Crippen molar-refractivity contribution in [3.8, 4) is 21.8 Å². The van der Waals surface area contributed by atoms with E-state index in [9.17, 15) is 4.79 Å². The molecular weight excluding hydrogens is 344 g/mol. The molecule has 1 amide bonds. The summed E-state index contributed by atoms with van der Waals surface area (Å²) < 4.78 is 5.33. The van der Waals surface area contributed by atoms with Gasteiger partial charge in [0.2, 0.25) is 0 Å². The Morgan fingerprint density at radius 2 is 1.73 bits per heavy atom. The van der Waals surface area contributed by atoms with Crippen LogP contribution in [0.2, 0.25) is 0 Å². The number of aryl methyl sites for hydroxylation is 1. The maximum Gasteiger partial charge on any atom is 0.291 e. The average molecular weight is 360 g/mol. The Morgan fingerprint density at radius 3 is 2.42 bits per heavy atom. The zero-order valence-electron chi connectivity index (χ0n) is 14.1. The average Bonchev–Trinajstić information content (AvgIpc) is 3.32. The Hall–Kier alpha value is -3.18. The Bertz CT molecular complexity index is 1030. The molecule has 2 heterocycles. The zero-order chi connectivity index (χ0) is 17.9. The van der Waals surface area contributed by atoms with Crippen LogP contribution in [-0.4, -0.2) is 10.9 Å². The van der Waals surface area contributed by atoms with Crippen LogP contribution in [0.25, 0.3) is 21.8 Å². The van der Waals surface area contributed by atoms with Crippen molar-refractivity contribution in [2.45, 2.75) is 6.92 Å². The highest BCUT2D eigenvalue weighted by Gasteiger charge is 2.11. The normalized spacial score (nSPS) is 10.7. The van der Waals surface area contributed by atoms with Crippen molar-refractivity contribution in [1.82, 2.24) is 4.98 Å². The van der Waals surface area contributed by atoms with Gasteiger partial charge in [0.25, 0.3) is 5.91 Å². The second kappa shape index (κ2) is 6.98. The number of thiazole rings is 1. The van der Waals surface area contributed by atoms with E-state index in [4.69, 9.17) is 9.40 Å². The van der Waals surface area contributed by atoms with Gasteiger partial charge >= 0.3 is 0 Å². The van der Waals surface area contributed by atoms with Crippen LogP contribution in [0.5, 0.6) is 0 Å². The van der Waals surface area contributed by atoms with E-state index in [1.165, 1.54) is 0 Å². The van der Waals surface area contributed by atoms with Gasteiger partial charge in [-0.25, -0.2) is 4.98 Å². The van der Waals surface area contributed by atoms with E-state index in [1.807, 2.05) is 54.8 Å². The van der Waals surface area contributed by atoms with Crippen LogP contribution in [0, 0.1) is 6.92 Å². The van der Waals surface area contributed by atoms with Crippen molar-refractivity contribution in [3.05, 3.63) is 83.6 Å². The Kier molecular flexibility index (Phi) is 4.37. The van der Waals surface area contributed by atoms with Gasteiger partial charge in [-0.1, -0.05) is 42.5 Å². The standard InChI is InChI=1S/C21H16N2O2S/c1-14-7-12-19(25-14)20(24)22-17-10-8-15(9-11-17)18-13-26-21(23-18)16-5-3-2-4-6-16/h2-13H,1H3,(H,22,24). The number of carbonyl (C=O) groups excluding carboxylic acids is 1. The predicted molar refractivity (Wildman–Crippen MR) is 104 cm³/mol. The molecule has 1 N–H and O–H groups in total. The molecule has 0 atom stereocenters. The molecule has 0 aliphatic carbocycles. The first kappa shape index (κ1) is 16.3. The van der Waals surface area contributed by atoms with Crippen LogP contribution in [0.1, 0.15) is 16.3 Å². The highest BCUT2D eigenvalue weighted by molar-refractivity contribution is 7.13. The number of furan rings is 1. The van der Waals surface area contributed by atoms with Gasteiger partial charge in [-0.3, -0.25) is 4.79 Å². The third-order valence-electron chi connectivity index (χ3n) is 3.93. The molecule has 0 fully saturated rings. The first-order valence-corrected chi connectivity index (χ1v) is 9.06. The minimum atomic E-state index is -0.258. The smallest absolute Gasteiger partial charge is 0.291 e. The Morgan fingerprint density at radius 1 is 0.962 bits per heavy atom. The van der Waals surface area contributed by atoms with Crippen molar-refractivity contribution >= 4 is 22.9 Å². The van der Waals surface area contributed by atoms with Crippen molar-refractivity contribution in [2.75, 3.05) is 5.32 Å². The fourth-order valence-electron chi connectivity index (χ4n) is 2.59. The van der Waals surface area contributed by atoms with Crippen molar-refractivity contribution in [2.24, 2.45) is 0 Å². The summed E-state index contributed by atoms with van der Waals surface area (Å²) in [4.78, 5) is 16.8. The van der Waals surface area contributed by atoms with Gasteiger partial charge in [-0.2, -0.15) is 0 Å². The van der Waals surface area contributed by atoms with Gasteiger partial charge in [0.05, 0.1) is 5.69 Å². The van der Waals surface area contributed by atoms with Crippen LogP contribution >= 0.6 is 11.3 Å². The molecule has 4 nitrogen and oxygen atoms in total. The van der Waals surface area contributed by atoms with E-state index in [2.05, 4.69) is 17.4 Å². The van der Waals surface area contributed by atoms with E-state index < -0.39 is 0 Å². The molecule has 0 aliphatic rings. The molecule has 2 aromatic heterocycles. The van der Waals surface area contributed by atoms with Gasteiger partial charge < -0.3 is 9.73 Å². The largest absolute Gasteiger partial charge is 0.456 e. The van der Waals surface area contributed by atoms with E-state index in [0.717, 1.165) is 21.8 Å². The summed E-state index contributed by atoms with van der Waals surface area (Å²) in [5, 5.41) is 5.87. The number of nitrogens with one attached hydrogen (secondary N) is 1. The molecule has 0 radical (unpaired) electrons. The molecule has 4 aromatic rings. The maximum atomic E-state index is 12.1. The van der Waals surface area contributed by atoms with Gasteiger partial charge in [0.15, 0.2) is 5.76 Å². The number of carbonyl (C=O) groups is 1. The second-order valence-electron chi connectivity index (χ2n) is 5.85. The molecule has 0 spiro atoms. The lowest BCUT2D eigenvalue weighted by Crippen LogP contribution is -2.10. The molecule has 0 bridgehead atoms. The molecule has 0 saturated heterocycles. The molecule has 26 heavy (non-hydrogen) atoms. The van der Waals surface area contributed by atoms with Gasteiger partial charge in [0.1, 0.15) is 10.8 Å². The molecule has 128 valence electrons. The third-order valence-corrected chi connectivity index (χ3v) is 4.82. The van der Waals surface area contributed by atoms with E-state index in [1.54, 1.807) is 23.5 Å². The lowest BCUT2D eigenvalue weighted by atomic mass is 10.1. The summed E-state index contributed by atoms with van der Waals surface area (Å²) in [7, 11) is 0. The van der Waals surface area contributed by atoms with Crippen LogP contribution < -0.4 is 5.32 Å². The van der Waals surface area contributed by atoms with Gasteiger partial charge in [-0.15, -0.1) is 11.3 Å². The Labute approximate surface area is 155 Å². The summed E-state index contributed by atoms with van der Waals surface area (Å²) in [5.74, 6) is 0.757. The first-order chi connectivity index (χ1) is 12.7. The predicted octanol–water partition coefficient (Wildman–Crippen LogP) is 5.63. The molecular formula is C21H16N2O2S. The topological polar surface area (TPSA) is 55.1 Å². The van der Waals surface area contributed by atoms with Crippen LogP contribution in [-0.2, 0) is 0 Å². The molecule has 5 heteroatoms. The number of nitrogens with zero attached hydrogens (tertiary/aromatic N) is 1. The fraction of sp³-hybridized carbons (Fsp3) is 0.0476. The first-order valence-electron chi connectivity index (χ1n) is 8.18. The minimum absolute atomic E-state index is 0.258. The summed E-state index contributed by atoms with van der Waals surface area (Å²) in [5.41, 5.74) is 3.76. The maximum absolute atomic E-state index is 12.1. The highest BCUT2D eigenvalue weighted by atomic mass is 32.1.